The molecule has 1 aromatic carbocycles. The zero-order valence-electron chi connectivity index (χ0n) is 8.57. The summed E-state index contributed by atoms with van der Waals surface area (Å²) in [6, 6.07) is 11.5. The Kier molecular flexibility index (Phi) is 2.59. The average Bonchev–Trinajstić information content (AvgIpc) is 2.81. The molecule has 2 rings (SSSR count). The van der Waals surface area contributed by atoms with Crippen molar-refractivity contribution < 1.29 is 9.15 Å². The highest BCUT2D eigenvalue weighted by atomic mass is 16.5. The van der Waals surface area contributed by atoms with Gasteiger partial charge in [0, 0.05) is 5.57 Å². The molecule has 0 N–H and O–H groups in total. The summed E-state index contributed by atoms with van der Waals surface area (Å²) in [5.41, 5.74) is 1.86. The van der Waals surface area contributed by atoms with Gasteiger partial charge in [0.15, 0.2) is 0 Å². The van der Waals surface area contributed by atoms with Crippen LogP contribution in [0.25, 0.3) is 5.57 Å². The van der Waals surface area contributed by atoms with Crippen LogP contribution < -0.4 is 4.74 Å². The second kappa shape index (κ2) is 4.05. The minimum atomic E-state index is 0.781. The Balaban J connectivity index is 2.34. The summed E-state index contributed by atoms with van der Waals surface area (Å²) in [7, 11) is 1.65. The van der Waals surface area contributed by atoms with Gasteiger partial charge in [0.05, 0.1) is 13.4 Å². The molecule has 2 aromatic rings. The van der Waals surface area contributed by atoms with E-state index in [4.69, 9.17) is 9.15 Å². The average molecular weight is 200 g/mol. The predicted octanol–water partition coefficient (Wildman–Crippen LogP) is 3.35. The fourth-order valence-electron chi connectivity index (χ4n) is 1.40. The third-order valence-corrected chi connectivity index (χ3v) is 2.24. The van der Waals surface area contributed by atoms with Gasteiger partial charge in [0.1, 0.15) is 11.5 Å². The lowest BCUT2D eigenvalue weighted by Crippen LogP contribution is -1.86. The van der Waals surface area contributed by atoms with Crippen molar-refractivity contribution in [1.29, 1.82) is 0 Å². The minimum absolute atomic E-state index is 0.781. The maximum atomic E-state index is 5.28. The molecule has 2 heteroatoms. The van der Waals surface area contributed by atoms with E-state index in [1.807, 2.05) is 36.4 Å². The fraction of sp³-hybridized carbons (Fsp3) is 0.0769. The van der Waals surface area contributed by atoms with Crippen LogP contribution >= 0.6 is 0 Å². The van der Waals surface area contributed by atoms with Crippen molar-refractivity contribution in [3.63, 3.8) is 0 Å². The molecule has 0 aliphatic heterocycles. The first-order chi connectivity index (χ1) is 7.31. The summed E-state index contributed by atoms with van der Waals surface area (Å²) in [5.74, 6) is 1.60. The third kappa shape index (κ3) is 1.94. The van der Waals surface area contributed by atoms with Crippen molar-refractivity contribution in [3.05, 3.63) is 60.6 Å². The largest absolute Gasteiger partial charge is 0.497 e. The molecule has 0 atom stereocenters. The van der Waals surface area contributed by atoms with E-state index in [2.05, 4.69) is 6.58 Å². The summed E-state index contributed by atoms with van der Waals surface area (Å²) >= 11 is 0. The van der Waals surface area contributed by atoms with Crippen LogP contribution in [-0.2, 0) is 0 Å². The number of hydrogen-bond donors (Lipinski definition) is 0. The molecule has 76 valence electrons. The van der Waals surface area contributed by atoms with Crippen LogP contribution in [0.15, 0.2) is 53.7 Å². The van der Waals surface area contributed by atoms with Crippen molar-refractivity contribution in [2.45, 2.75) is 0 Å². The Bertz CT molecular complexity index is 455. The molecule has 0 fully saturated rings. The van der Waals surface area contributed by atoms with Gasteiger partial charge >= 0.3 is 0 Å². The summed E-state index contributed by atoms with van der Waals surface area (Å²) in [6.07, 6.45) is 1.64. The van der Waals surface area contributed by atoms with Gasteiger partial charge in [0.25, 0.3) is 0 Å². The van der Waals surface area contributed by atoms with Crippen LogP contribution in [-0.4, -0.2) is 7.11 Å². The lowest BCUT2D eigenvalue weighted by Gasteiger charge is -2.05. The molecule has 0 aliphatic rings. The van der Waals surface area contributed by atoms with Crippen LogP contribution in [0.1, 0.15) is 11.3 Å². The fourth-order valence-corrected chi connectivity index (χ4v) is 1.40. The monoisotopic (exact) mass is 200 g/mol. The molecule has 15 heavy (non-hydrogen) atoms. The van der Waals surface area contributed by atoms with Crippen LogP contribution in [0.5, 0.6) is 5.75 Å². The van der Waals surface area contributed by atoms with E-state index in [1.165, 1.54) is 0 Å². The van der Waals surface area contributed by atoms with Gasteiger partial charge in [-0.15, -0.1) is 0 Å². The molecule has 0 saturated heterocycles. The van der Waals surface area contributed by atoms with Gasteiger partial charge in [-0.05, 0) is 29.8 Å². The van der Waals surface area contributed by atoms with E-state index in [-0.39, 0.29) is 0 Å². The Morgan fingerprint density at radius 2 is 2.13 bits per heavy atom. The second-order valence-corrected chi connectivity index (χ2v) is 3.19. The Morgan fingerprint density at radius 3 is 2.80 bits per heavy atom. The number of benzene rings is 1. The third-order valence-electron chi connectivity index (χ3n) is 2.24. The molecule has 0 amide bonds. The highest BCUT2D eigenvalue weighted by Crippen LogP contribution is 2.24. The number of hydrogen-bond acceptors (Lipinski definition) is 2. The first-order valence-corrected chi connectivity index (χ1v) is 4.68. The lowest BCUT2D eigenvalue weighted by atomic mass is 10.1. The summed E-state index contributed by atoms with van der Waals surface area (Å²) in [6.45, 7) is 3.99. The molecule has 1 heterocycles. The molecule has 0 aliphatic carbocycles. The second-order valence-electron chi connectivity index (χ2n) is 3.19. The first kappa shape index (κ1) is 9.59. The van der Waals surface area contributed by atoms with Gasteiger partial charge in [-0.25, -0.2) is 0 Å². The minimum Gasteiger partial charge on any atom is -0.497 e. The van der Waals surface area contributed by atoms with Crippen LogP contribution in [0.3, 0.4) is 0 Å². The quantitative estimate of drug-likeness (QED) is 0.758. The maximum Gasteiger partial charge on any atom is 0.133 e. The zero-order chi connectivity index (χ0) is 10.7. The van der Waals surface area contributed by atoms with Gasteiger partial charge < -0.3 is 9.15 Å². The lowest BCUT2D eigenvalue weighted by molar-refractivity contribution is 0.414. The van der Waals surface area contributed by atoms with Crippen molar-refractivity contribution >= 4 is 5.57 Å². The van der Waals surface area contributed by atoms with E-state index < -0.39 is 0 Å². The van der Waals surface area contributed by atoms with Gasteiger partial charge in [-0.2, -0.15) is 0 Å². The van der Waals surface area contributed by atoms with Crippen LogP contribution in [0.2, 0.25) is 0 Å². The molecule has 0 radical (unpaired) electrons. The molecular formula is C13H12O2. The first-order valence-electron chi connectivity index (χ1n) is 4.68. The zero-order valence-corrected chi connectivity index (χ0v) is 8.57. The molecule has 2 nitrogen and oxygen atoms in total. The smallest absolute Gasteiger partial charge is 0.133 e. The Hall–Kier alpha value is -1.96. The van der Waals surface area contributed by atoms with Crippen molar-refractivity contribution in [1.82, 2.24) is 0 Å². The van der Waals surface area contributed by atoms with Crippen LogP contribution in [0.4, 0.5) is 0 Å². The number of methoxy groups -OCH3 is 1. The Labute approximate surface area is 88.8 Å². The van der Waals surface area contributed by atoms with E-state index in [0.717, 1.165) is 22.6 Å². The Morgan fingerprint density at radius 1 is 1.27 bits per heavy atom. The van der Waals surface area contributed by atoms with Gasteiger partial charge in [-0.3, -0.25) is 0 Å². The van der Waals surface area contributed by atoms with Crippen molar-refractivity contribution in [3.8, 4) is 5.75 Å². The highest BCUT2D eigenvalue weighted by molar-refractivity contribution is 5.75. The van der Waals surface area contributed by atoms with E-state index >= 15 is 0 Å². The molecule has 0 saturated carbocycles. The normalized spacial score (nSPS) is 9.93. The summed E-state index contributed by atoms with van der Waals surface area (Å²) in [5, 5.41) is 0. The molecule has 1 aromatic heterocycles. The van der Waals surface area contributed by atoms with E-state index in [0.29, 0.717) is 0 Å². The molecule has 0 unspecified atom stereocenters. The number of ether oxygens (including phenoxy) is 1. The van der Waals surface area contributed by atoms with E-state index in [9.17, 15) is 0 Å². The summed E-state index contributed by atoms with van der Waals surface area (Å²) < 4.78 is 10.4. The SMILES string of the molecule is C=C(c1cccc(OC)c1)c1ccco1. The summed E-state index contributed by atoms with van der Waals surface area (Å²) in [4.78, 5) is 0. The van der Waals surface area contributed by atoms with Gasteiger partial charge in [0.2, 0.25) is 0 Å². The van der Waals surface area contributed by atoms with Crippen molar-refractivity contribution in [2.24, 2.45) is 0 Å². The molecule has 0 bridgehead atoms. The van der Waals surface area contributed by atoms with Crippen LogP contribution in [0, 0.1) is 0 Å². The standard InChI is InChI=1S/C13H12O2/c1-10(13-7-4-8-15-13)11-5-3-6-12(9-11)14-2/h3-9H,1H2,2H3. The number of furan rings is 1. The van der Waals surface area contributed by atoms with E-state index in [1.54, 1.807) is 13.4 Å². The topological polar surface area (TPSA) is 22.4 Å². The highest BCUT2D eigenvalue weighted by Gasteiger charge is 2.05. The molecular weight excluding hydrogens is 188 g/mol. The predicted molar refractivity (Wildman–Crippen MR) is 59.8 cm³/mol. The maximum absolute atomic E-state index is 5.28. The molecule has 0 spiro atoms. The number of rotatable bonds is 3. The van der Waals surface area contributed by atoms with Crippen molar-refractivity contribution in [2.75, 3.05) is 7.11 Å². The van der Waals surface area contributed by atoms with Gasteiger partial charge in [-0.1, -0.05) is 18.7 Å².